The van der Waals surface area contributed by atoms with Gasteiger partial charge in [-0.15, -0.1) is 11.3 Å². The number of thiophene rings is 1. The van der Waals surface area contributed by atoms with Crippen molar-refractivity contribution in [2.45, 2.75) is 0 Å². The molecule has 2 aromatic rings. The third kappa shape index (κ3) is 3.30. The summed E-state index contributed by atoms with van der Waals surface area (Å²) >= 11 is 12.8. The summed E-state index contributed by atoms with van der Waals surface area (Å²) in [6, 6.07) is 7.91. The molecule has 0 spiro atoms. The zero-order valence-electron chi connectivity index (χ0n) is 10.1. The largest absolute Gasteiger partial charge is 0.485 e. The average Bonchev–Trinajstić information content (AvgIpc) is 2.75. The van der Waals surface area contributed by atoms with Gasteiger partial charge in [0.15, 0.2) is 6.61 Å². The lowest BCUT2D eigenvalue weighted by Crippen LogP contribution is -2.16. The second-order valence-electron chi connectivity index (χ2n) is 3.81. The molecule has 104 valence electrons. The summed E-state index contributed by atoms with van der Waals surface area (Å²) in [6.45, 7) is -0.253. The van der Waals surface area contributed by atoms with Crippen LogP contribution in [-0.2, 0) is 0 Å². The number of amides is 1. The van der Waals surface area contributed by atoms with E-state index < -0.39 is 5.91 Å². The normalized spacial score (nSPS) is 10.3. The highest BCUT2D eigenvalue weighted by molar-refractivity contribution is 7.20. The highest BCUT2D eigenvalue weighted by atomic mass is 35.5. The predicted octanol–water partition coefficient (Wildman–Crippen LogP) is 3.42. The summed E-state index contributed by atoms with van der Waals surface area (Å²) in [6.07, 6.45) is 0. The molecule has 2 N–H and O–H groups in total. The Labute approximate surface area is 129 Å². The number of ketones is 1. The van der Waals surface area contributed by atoms with E-state index in [1.54, 1.807) is 18.2 Å². The second kappa shape index (κ2) is 6.26. The first kappa shape index (κ1) is 14.8. The number of hydrogen-bond donors (Lipinski definition) is 1. The quantitative estimate of drug-likeness (QED) is 0.854. The predicted molar refractivity (Wildman–Crippen MR) is 79.1 cm³/mol. The van der Waals surface area contributed by atoms with Crippen LogP contribution in [0.25, 0.3) is 0 Å². The summed E-state index contributed by atoms with van der Waals surface area (Å²) in [5.74, 6) is -0.687. The van der Waals surface area contributed by atoms with E-state index in [0.29, 0.717) is 14.2 Å². The number of hydrogen-bond acceptors (Lipinski definition) is 4. The summed E-state index contributed by atoms with van der Waals surface area (Å²) in [5.41, 5.74) is 5.74. The first-order chi connectivity index (χ1) is 9.49. The molecule has 1 heterocycles. The molecule has 0 saturated carbocycles. The summed E-state index contributed by atoms with van der Waals surface area (Å²) in [7, 11) is 0. The molecule has 0 radical (unpaired) electrons. The van der Waals surface area contributed by atoms with Crippen molar-refractivity contribution in [3.05, 3.63) is 50.1 Å². The molecule has 0 aliphatic carbocycles. The molecule has 1 aromatic heterocycles. The van der Waals surface area contributed by atoms with Gasteiger partial charge in [0.1, 0.15) is 10.1 Å². The van der Waals surface area contributed by atoms with E-state index in [4.69, 9.17) is 33.7 Å². The van der Waals surface area contributed by atoms with Gasteiger partial charge in [-0.25, -0.2) is 0 Å². The Morgan fingerprint density at radius 3 is 2.50 bits per heavy atom. The van der Waals surface area contributed by atoms with Crippen molar-refractivity contribution in [1.29, 1.82) is 0 Å². The fourth-order valence-corrected chi connectivity index (χ4v) is 3.05. The van der Waals surface area contributed by atoms with Gasteiger partial charge in [-0.2, -0.15) is 0 Å². The molecule has 1 aromatic carbocycles. The SMILES string of the molecule is NC(=O)c1ccccc1OCC(=O)c1cc(Cl)sc1Cl. The monoisotopic (exact) mass is 329 g/mol. The molecular formula is C13H9Cl2NO3S. The minimum atomic E-state index is -0.621. The number of carbonyl (C=O) groups excluding carboxylic acids is 2. The van der Waals surface area contributed by atoms with E-state index in [1.807, 2.05) is 0 Å². The van der Waals surface area contributed by atoms with Crippen molar-refractivity contribution in [1.82, 2.24) is 0 Å². The molecule has 20 heavy (non-hydrogen) atoms. The topological polar surface area (TPSA) is 69.4 Å². The molecule has 0 aliphatic rings. The number of ether oxygens (including phenoxy) is 1. The highest BCUT2D eigenvalue weighted by Crippen LogP contribution is 2.31. The molecule has 0 aliphatic heterocycles. The Hall–Kier alpha value is -1.56. The van der Waals surface area contributed by atoms with Crippen molar-refractivity contribution in [3.8, 4) is 5.75 Å². The molecule has 0 saturated heterocycles. The second-order valence-corrected chi connectivity index (χ2v) is 6.10. The van der Waals surface area contributed by atoms with Crippen LogP contribution in [0.15, 0.2) is 30.3 Å². The zero-order valence-corrected chi connectivity index (χ0v) is 12.4. The molecule has 1 amide bonds. The van der Waals surface area contributed by atoms with Gasteiger partial charge in [-0.05, 0) is 18.2 Å². The van der Waals surface area contributed by atoms with Gasteiger partial charge in [0.25, 0.3) is 5.91 Å². The Bertz CT molecular complexity index is 669. The van der Waals surface area contributed by atoms with Crippen LogP contribution in [0.4, 0.5) is 0 Å². The van der Waals surface area contributed by atoms with Crippen LogP contribution in [-0.4, -0.2) is 18.3 Å². The van der Waals surface area contributed by atoms with Gasteiger partial charge in [-0.1, -0.05) is 35.3 Å². The first-order valence-corrected chi connectivity index (χ1v) is 7.06. The van der Waals surface area contributed by atoms with E-state index in [-0.39, 0.29) is 23.7 Å². The number of primary amides is 1. The summed E-state index contributed by atoms with van der Waals surface area (Å²) in [4.78, 5) is 23.2. The number of benzene rings is 1. The maximum atomic E-state index is 12.0. The van der Waals surface area contributed by atoms with E-state index in [1.165, 1.54) is 12.1 Å². The Morgan fingerprint density at radius 1 is 1.20 bits per heavy atom. The maximum Gasteiger partial charge on any atom is 0.252 e. The lowest BCUT2D eigenvalue weighted by Gasteiger charge is -2.08. The third-order valence-corrected chi connectivity index (χ3v) is 3.96. The fraction of sp³-hybridized carbons (Fsp3) is 0.0769. The molecule has 0 atom stereocenters. The fourth-order valence-electron chi connectivity index (χ4n) is 1.55. The minimum Gasteiger partial charge on any atom is -0.485 e. The third-order valence-electron chi connectivity index (χ3n) is 2.47. The summed E-state index contributed by atoms with van der Waals surface area (Å²) in [5, 5.41) is 0. The standard InChI is InChI=1S/C13H9Cl2NO3S/c14-11-5-8(12(15)20-11)9(17)6-19-10-4-2-1-3-7(10)13(16)18/h1-5H,6H2,(H2,16,18). The first-order valence-electron chi connectivity index (χ1n) is 5.48. The van der Waals surface area contributed by atoms with E-state index in [2.05, 4.69) is 0 Å². The van der Waals surface area contributed by atoms with Crippen LogP contribution in [0.3, 0.4) is 0 Å². The number of Topliss-reactive ketones (excluding diaryl/α,β-unsaturated/α-hetero) is 1. The Morgan fingerprint density at radius 2 is 1.90 bits per heavy atom. The maximum absolute atomic E-state index is 12.0. The molecule has 4 nitrogen and oxygen atoms in total. The van der Waals surface area contributed by atoms with Crippen molar-refractivity contribution in [2.24, 2.45) is 5.73 Å². The number of para-hydroxylation sites is 1. The average molecular weight is 330 g/mol. The highest BCUT2D eigenvalue weighted by Gasteiger charge is 2.16. The van der Waals surface area contributed by atoms with Crippen LogP contribution in [0, 0.1) is 0 Å². The molecule has 0 fully saturated rings. The zero-order chi connectivity index (χ0) is 14.7. The van der Waals surface area contributed by atoms with Crippen LogP contribution in [0.1, 0.15) is 20.7 Å². The van der Waals surface area contributed by atoms with Crippen LogP contribution < -0.4 is 10.5 Å². The van der Waals surface area contributed by atoms with Gasteiger partial charge >= 0.3 is 0 Å². The molecule has 0 bridgehead atoms. The van der Waals surface area contributed by atoms with Crippen molar-refractivity contribution in [2.75, 3.05) is 6.61 Å². The number of rotatable bonds is 5. The van der Waals surface area contributed by atoms with Gasteiger partial charge in [0.2, 0.25) is 5.78 Å². The molecule has 0 unspecified atom stereocenters. The van der Waals surface area contributed by atoms with Crippen molar-refractivity contribution < 1.29 is 14.3 Å². The Kier molecular flexibility index (Phi) is 4.65. The number of carbonyl (C=O) groups is 2. The molecule has 2 rings (SSSR count). The van der Waals surface area contributed by atoms with Crippen LogP contribution in [0.2, 0.25) is 8.67 Å². The van der Waals surface area contributed by atoms with Gasteiger partial charge in [-0.3, -0.25) is 9.59 Å². The van der Waals surface area contributed by atoms with Gasteiger partial charge in [0, 0.05) is 0 Å². The lowest BCUT2D eigenvalue weighted by atomic mass is 10.2. The van der Waals surface area contributed by atoms with E-state index in [0.717, 1.165) is 11.3 Å². The van der Waals surface area contributed by atoms with Crippen molar-refractivity contribution in [3.63, 3.8) is 0 Å². The van der Waals surface area contributed by atoms with Crippen molar-refractivity contribution >= 4 is 46.2 Å². The minimum absolute atomic E-state index is 0.217. The summed E-state index contributed by atoms with van der Waals surface area (Å²) < 4.78 is 6.07. The van der Waals surface area contributed by atoms with E-state index in [9.17, 15) is 9.59 Å². The van der Waals surface area contributed by atoms with Gasteiger partial charge in [0.05, 0.1) is 15.5 Å². The van der Waals surface area contributed by atoms with E-state index >= 15 is 0 Å². The van der Waals surface area contributed by atoms with Crippen LogP contribution in [0.5, 0.6) is 5.75 Å². The Balaban J connectivity index is 2.11. The smallest absolute Gasteiger partial charge is 0.252 e. The molecule has 7 heteroatoms. The number of nitrogens with two attached hydrogens (primary N) is 1. The van der Waals surface area contributed by atoms with Crippen LogP contribution >= 0.6 is 34.5 Å². The lowest BCUT2D eigenvalue weighted by molar-refractivity contribution is 0.0912. The number of halogens is 2. The molecular weight excluding hydrogens is 321 g/mol. The van der Waals surface area contributed by atoms with Gasteiger partial charge < -0.3 is 10.5 Å².